The number of nitrogens with one attached hydrogen (secondary N) is 1. The van der Waals surface area contributed by atoms with Crippen molar-refractivity contribution in [1.29, 1.82) is 0 Å². The summed E-state index contributed by atoms with van der Waals surface area (Å²) in [6.07, 6.45) is 1.10. The molecule has 3 N–H and O–H groups in total. The van der Waals surface area contributed by atoms with Crippen LogP contribution in [0.5, 0.6) is 0 Å². The Morgan fingerprint density at radius 1 is 1.14 bits per heavy atom. The van der Waals surface area contributed by atoms with Crippen molar-refractivity contribution in [3.8, 4) is 0 Å². The molecule has 7 heteroatoms. The van der Waals surface area contributed by atoms with Gasteiger partial charge in [0.25, 0.3) is 0 Å². The standard InChI is InChI=1S/C15H28N4O3/c1-4-11(2)14(16)15(22)17-6-5-13(21)19-9-7-18(8-10-19)12(3)20/h11,14H,4-10,16H2,1-3H3,(H,17,22). The van der Waals surface area contributed by atoms with E-state index in [1.54, 1.807) is 9.80 Å². The van der Waals surface area contributed by atoms with Crippen molar-refractivity contribution in [3.63, 3.8) is 0 Å². The first-order valence-electron chi connectivity index (χ1n) is 7.93. The van der Waals surface area contributed by atoms with Gasteiger partial charge in [-0.2, -0.15) is 0 Å². The topological polar surface area (TPSA) is 95.7 Å². The predicted molar refractivity (Wildman–Crippen MR) is 83.9 cm³/mol. The minimum atomic E-state index is -0.529. The van der Waals surface area contributed by atoms with Crippen LogP contribution in [0.4, 0.5) is 0 Å². The molecule has 126 valence electrons. The van der Waals surface area contributed by atoms with Crippen molar-refractivity contribution in [2.75, 3.05) is 32.7 Å². The first-order valence-corrected chi connectivity index (χ1v) is 7.93. The molecule has 22 heavy (non-hydrogen) atoms. The minimum Gasteiger partial charge on any atom is -0.354 e. The molecule has 1 aliphatic heterocycles. The first kappa shape index (κ1) is 18.4. The molecule has 0 aromatic heterocycles. The fourth-order valence-electron chi connectivity index (χ4n) is 2.35. The zero-order valence-corrected chi connectivity index (χ0v) is 13.8. The van der Waals surface area contributed by atoms with Gasteiger partial charge in [-0.05, 0) is 5.92 Å². The lowest BCUT2D eigenvalue weighted by Crippen LogP contribution is -2.51. The molecule has 7 nitrogen and oxygen atoms in total. The fraction of sp³-hybridized carbons (Fsp3) is 0.800. The van der Waals surface area contributed by atoms with E-state index in [0.29, 0.717) is 32.7 Å². The van der Waals surface area contributed by atoms with E-state index in [9.17, 15) is 14.4 Å². The average molecular weight is 312 g/mol. The van der Waals surface area contributed by atoms with E-state index in [0.717, 1.165) is 6.42 Å². The fourth-order valence-corrected chi connectivity index (χ4v) is 2.35. The van der Waals surface area contributed by atoms with Gasteiger partial charge in [0.05, 0.1) is 6.04 Å². The Labute approximate surface area is 132 Å². The summed E-state index contributed by atoms with van der Waals surface area (Å²) in [7, 11) is 0. The van der Waals surface area contributed by atoms with Gasteiger partial charge in [0, 0.05) is 46.1 Å². The van der Waals surface area contributed by atoms with Crippen LogP contribution in [0.1, 0.15) is 33.6 Å². The number of nitrogens with two attached hydrogens (primary N) is 1. The van der Waals surface area contributed by atoms with Crippen LogP contribution in [0.15, 0.2) is 0 Å². The monoisotopic (exact) mass is 312 g/mol. The summed E-state index contributed by atoms with van der Waals surface area (Å²) in [5.41, 5.74) is 5.83. The molecule has 0 aromatic carbocycles. The number of hydrogen-bond donors (Lipinski definition) is 2. The third kappa shape index (κ3) is 5.29. The van der Waals surface area contributed by atoms with Gasteiger partial charge in [-0.25, -0.2) is 0 Å². The van der Waals surface area contributed by atoms with Crippen molar-refractivity contribution >= 4 is 17.7 Å². The summed E-state index contributed by atoms with van der Waals surface area (Å²) in [6, 6.07) is -0.529. The summed E-state index contributed by atoms with van der Waals surface area (Å²) >= 11 is 0. The molecule has 1 heterocycles. The van der Waals surface area contributed by atoms with Crippen LogP contribution in [0.3, 0.4) is 0 Å². The van der Waals surface area contributed by atoms with Crippen molar-refractivity contribution in [2.24, 2.45) is 11.7 Å². The first-order chi connectivity index (χ1) is 10.4. The highest BCUT2D eigenvalue weighted by molar-refractivity contribution is 5.83. The van der Waals surface area contributed by atoms with E-state index in [1.165, 1.54) is 6.92 Å². The molecule has 0 saturated carbocycles. The number of carbonyl (C=O) groups is 3. The molecule has 0 bridgehead atoms. The van der Waals surface area contributed by atoms with Gasteiger partial charge in [0.2, 0.25) is 17.7 Å². The van der Waals surface area contributed by atoms with Gasteiger partial charge < -0.3 is 20.9 Å². The van der Waals surface area contributed by atoms with E-state index in [1.807, 2.05) is 13.8 Å². The zero-order valence-electron chi connectivity index (χ0n) is 13.8. The maximum Gasteiger partial charge on any atom is 0.237 e. The number of carbonyl (C=O) groups excluding carboxylic acids is 3. The Kier molecular flexibility index (Phi) is 7.31. The van der Waals surface area contributed by atoms with Gasteiger partial charge in [-0.1, -0.05) is 20.3 Å². The van der Waals surface area contributed by atoms with Crippen LogP contribution in [0.2, 0.25) is 0 Å². The predicted octanol–water partition coefficient (Wildman–Crippen LogP) is -0.443. The van der Waals surface area contributed by atoms with Gasteiger partial charge >= 0.3 is 0 Å². The van der Waals surface area contributed by atoms with E-state index in [4.69, 9.17) is 5.73 Å². The minimum absolute atomic E-state index is 0.000568. The highest BCUT2D eigenvalue weighted by atomic mass is 16.2. The van der Waals surface area contributed by atoms with Crippen molar-refractivity contribution < 1.29 is 14.4 Å². The van der Waals surface area contributed by atoms with E-state index >= 15 is 0 Å². The second-order valence-corrected chi connectivity index (χ2v) is 5.84. The highest BCUT2D eigenvalue weighted by Gasteiger charge is 2.23. The van der Waals surface area contributed by atoms with Crippen molar-refractivity contribution in [1.82, 2.24) is 15.1 Å². The largest absolute Gasteiger partial charge is 0.354 e. The van der Waals surface area contributed by atoms with Gasteiger partial charge in [-0.15, -0.1) is 0 Å². The molecule has 0 aliphatic carbocycles. The number of nitrogens with zero attached hydrogens (tertiary/aromatic N) is 2. The lowest BCUT2D eigenvalue weighted by molar-refractivity contribution is -0.138. The molecule has 2 atom stereocenters. The van der Waals surface area contributed by atoms with E-state index in [2.05, 4.69) is 5.32 Å². The van der Waals surface area contributed by atoms with Crippen LogP contribution in [-0.2, 0) is 14.4 Å². The molecule has 1 rings (SSSR count). The third-order valence-electron chi connectivity index (χ3n) is 4.28. The number of amides is 3. The van der Waals surface area contributed by atoms with E-state index in [-0.39, 0.29) is 30.1 Å². The molecule has 0 spiro atoms. The number of piperazine rings is 1. The van der Waals surface area contributed by atoms with Crippen LogP contribution in [0, 0.1) is 5.92 Å². The van der Waals surface area contributed by atoms with Gasteiger partial charge in [0.1, 0.15) is 0 Å². The summed E-state index contributed by atoms with van der Waals surface area (Å²) in [5, 5.41) is 2.72. The van der Waals surface area contributed by atoms with Gasteiger partial charge in [-0.3, -0.25) is 14.4 Å². The Morgan fingerprint density at radius 2 is 1.68 bits per heavy atom. The average Bonchev–Trinajstić information content (AvgIpc) is 2.53. The highest BCUT2D eigenvalue weighted by Crippen LogP contribution is 2.06. The zero-order chi connectivity index (χ0) is 16.7. The lowest BCUT2D eigenvalue weighted by atomic mass is 9.99. The van der Waals surface area contributed by atoms with Crippen LogP contribution >= 0.6 is 0 Å². The second kappa shape index (κ2) is 8.73. The Hall–Kier alpha value is -1.63. The molecular weight excluding hydrogens is 284 g/mol. The normalized spacial score (nSPS) is 17.8. The molecule has 2 unspecified atom stereocenters. The van der Waals surface area contributed by atoms with E-state index < -0.39 is 6.04 Å². The maximum atomic E-state index is 12.1. The maximum absolute atomic E-state index is 12.1. The number of rotatable bonds is 6. The second-order valence-electron chi connectivity index (χ2n) is 5.84. The third-order valence-corrected chi connectivity index (χ3v) is 4.28. The SMILES string of the molecule is CCC(C)C(N)C(=O)NCCC(=O)N1CCN(C(C)=O)CC1. The summed E-state index contributed by atoms with van der Waals surface area (Å²) in [4.78, 5) is 38.6. The molecule has 1 aliphatic rings. The number of hydrogen-bond acceptors (Lipinski definition) is 4. The lowest BCUT2D eigenvalue weighted by Gasteiger charge is -2.34. The van der Waals surface area contributed by atoms with Crippen molar-refractivity contribution in [3.05, 3.63) is 0 Å². The summed E-state index contributed by atoms with van der Waals surface area (Å²) in [6.45, 7) is 8.02. The van der Waals surface area contributed by atoms with Crippen LogP contribution in [-0.4, -0.2) is 66.3 Å². The molecule has 0 aromatic rings. The molecule has 0 radical (unpaired) electrons. The Morgan fingerprint density at radius 3 is 2.18 bits per heavy atom. The summed E-state index contributed by atoms with van der Waals surface area (Å²) < 4.78 is 0. The Balaban J connectivity index is 2.27. The van der Waals surface area contributed by atoms with Crippen LogP contribution in [0.25, 0.3) is 0 Å². The molecule has 3 amide bonds. The molecule has 1 saturated heterocycles. The quantitative estimate of drug-likeness (QED) is 0.695. The summed E-state index contributed by atoms with van der Waals surface area (Å²) in [5.74, 6) is -0.0436. The Bertz CT molecular complexity index is 406. The molecular formula is C15H28N4O3. The smallest absolute Gasteiger partial charge is 0.237 e. The molecule has 1 fully saturated rings. The van der Waals surface area contributed by atoms with Crippen molar-refractivity contribution in [2.45, 2.75) is 39.7 Å². The van der Waals surface area contributed by atoms with Gasteiger partial charge in [0.15, 0.2) is 0 Å². The van der Waals surface area contributed by atoms with Crippen LogP contribution < -0.4 is 11.1 Å².